The van der Waals surface area contributed by atoms with Crippen molar-refractivity contribution in [3.63, 3.8) is 0 Å². The fraction of sp³-hybridized carbons (Fsp3) is 0.784. The molecule has 0 aromatic rings. The normalized spacial score (nSPS) is 36.0. The van der Waals surface area contributed by atoms with Crippen LogP contribution in [0.3, 0.4) is 0 Å². The summed E-state index contributed by atoms with van der Waals surface area (Å²) in [6.07, 6.45) is 7.77. The minimum Gasteiger partial charge on any atom is -0.457 e. The number of hydrogen-bond acceptors (Lipinski definition) is 9. The number of unbranched alkanes of at least 4 members (excludes halogenated alkanes) is 2. The number of amides is 1. The van der Waals surface area contributed by atoms with Gasteiger partial charge in [-0.25, -0.2) is 4.39 Å². The van der Waals surface area contributed by atoms with E-state index in [4.69, 9.17) is 21.7 Å². The second-order valence-electron chi connectivity index (χ2n) is 15.1. The quantitative estimate of drug-likeness (QED) is 0.160. The van der Waals surface area contributed by atoms with Gasteiger partial charge in [0, 0.05) is 48.0 Å². The predicted molar refractivity (Wildman–Crippen MR) is 186 cm³/mol. The van der Waals surface area contributed by atoms with Crippen molar-refractivity contribution in [2.75, 3.05) is 32.8 Å². The van der Waals surface area contributed by atoms with E-state index in [-0.39, 0.29) is 41.9 Å². The van der Waals surface area contributed by atoms with Gasteiger partial charge in [0.1, 0.15) is 5.60 Å². The van der Waals surface area contributed by atoms with Crippen molar-refractivity contribution in [3.05, 3.63) is 23.8 Å². The highest BCUT2D eigenvalue weighted by Crippen LogP contribution is 2.70. The van der Waals surface area contributed by atoms with Crippen LogP contribution in [0.1, 0.15) is 99.3 Å². The Morgan fingerprint density at radius 3 is 2.56 bits per heavy atom. The zero-order chi connectivity index (χ0) is 35.5. The summed E-state index contributed by atoms with van der Waals surface area (Å²) < 4.78 is 28.4. The van der Waals surface area contributed by atoms with Crippen molar-refractivity contribution >= 4 is 34.9 Å². The van der Waals surface area contributed by atoms with Gasteiger partial charge < -0.3 is 29.9 Å². The number of aliphatic hydroxyl groups excluding tert-OH is 1. The first-order chi connectivity index (χ1) is 22.6. The highest BCUT2D eigenvalue weighted by molar-refractivity contribution is 7.79. The maximum Gasteiger partial charge on any atom is 0.352 e. The summed E-state index contributed by atoms with van der Waals surface area (Å²) in [5.41, 5.74) is -5.43. The van der Waals surface area contributed by atoms with Crippen molar-refractivity contribution in [2.45, 2.75) is 123 Å². The molecule has 9 nitrogen and oxygen atoms in total. The third kappa shape index (κ3) is 7.03. The number of aliphatic hydroxyl groups is 2. The maximum absolute atomic E-state index is 17.4. The van der Waals surface area contributed by atoms with Crippen LogP contribution in [0.4, 0.5) is 4.39 Å². The number of ether oxygens (including phenoxy) is 2. The topological polar surface area (TPSA) is 125 Å². The van der Waals surface area contributed by atoms with Gasteiger partial charge in [0.05, 0.1) is 12.7 Å². The number of carbonyl (C=O) groups excluding carboxylic acids is 3. The Balaban J connectivity index is 1.24. The van der Waals surface area contributed by atoms with Crippen LogP contribution in [0.25, 0.3) is 0 Å². The monoisotopic (exact) mass is 692 g/mol. The molecule has 1 unspecified atom stereocenters. The second-order valence-corrected chi connectivity index (χ2v) is 15.4. The Bertz CT molecular complexity index is 1290. The molecular formula is C37H57FN2O7S. The molecule has 0 spiro atoms. The Labute approximate surface area is 291 Å². The lowest BCUT2D eigenvalue weighted by molar-refractivity contribution is -0.219. The third-order valence-corrected chi connectivity index (χ3v) is 12.7. The summed E-state index contributed by atoms with van der Waals surface area (Å²) in [5, 5.41) is 26.5. The zero-order valence-corrected chi connectivity index (χ0v) is 30.5. The second kappa shape index (κ2) is 15.4. The van der Waals surface area contributed by atoms with E-state index >= 15 is 4.39 Å². The number of thiocarbonyl (C=S) groups is 1. The average Bonchev–Trinajstić information content (AvgIpc) is 3.24. The van der Waals surface area contributed by atoms with Crippen LogP contribution in [0.15, 0.2) is 23.8 Å². The lowest BCUT2D eigenvalue weighted by Crippen LogP contribution is -2.69. The summed E-state index contributed by atoms with van der Waals surface area (Å²) >= 11 is 5.20. The Morgan fingerprint density at radius 1 is 1.17 bits per heavy atom. The number of alkyl halides is 1. The zero-order valence-electron chi connectivity index (χ0n) is 29.7. The first-order valence-corrected chi connectivity index (χ1v) is 18.4. The number of fused-ring (bicyclic) bond motifs is 5. The summed E-state index contributed by atoms with van der Waals surface area (Å²) in [7, 11) is 0. The molecule has 0 heterocycles. The summed E-state index contributed by atoms with van der Waals surface area (Å²) in [6, 6.07) is 0.126. The van der Waals surface area contributed by atoms with Gasteiger partial charge in [-0.2, -0.15) is 0 Å². The molecule has 3 saturated carbocycles. The van der Waals surface area contributed by atoms with Crippen LogP contribution in [-0.4, -0.2) is 94.1 Å². The van der Waals surface area contributed by atoms with Crippen molar-refractivity contribution in [1.29, 1.82) is 0 Å². The van der Waals surface area contributed by atoms with E-state index in [1.807, 2.05) is 6.92 Å². The van der Waals surface area contributed by atoms with Gasteiger partial charge in [-0.05, 0) is 102 Å². The highest BCUT2D eigenvalue weighted by atomic mass is 32.1. The molecule has 0 radical (unpaired) electrons. The number of rotatable bonds is 15. The van der Waals surface area contributed by atoms with Crippen LogP contribution in [-0.2, 0) is 23.9 Å². The standard InChI is InChI=1S/C37H57FN2O7S/c1-7-40(8-2)18-16-25(4)39-32(44)12-10-9-11-19-46-33(48)47-23-31(43)37(45)24(3)20-29-28-14-13-26-21-27(41)15-17-34(26,5)36(28,38)30(42)22-35(29,37)6/h15,17,21,24-25,28-30,42,45H,7-14,16,18-20,22-23H2,1-6H3,(H,39,44)/t24-,25?,28+,29+,30+,34+,35+,36+,37+/m1/s1. The third-order valence-electron chi connectivity index (χ3n) is 12.4. The lowest BCUT2D eigenvalue weighted by atomic mass is 9.44. The lowest BCUT2D eigenvalue weighted by Gasteiger charge is -2.62. The summed E-state index contributed by atoms with van der Waals surface area (Å²) in [4.78, 5) is 40.4. The molecule has 1 amide bonds. The Kier molecular flexibility index (Phi) is 12.3. The van der Waals surface area contributed by atoms with Gasteiger partial charge in [0.25, 0.3) is 0 Å². The molecule has 4 aliphatic carbocycles. The number of nitrogens with one attached hydrogen (secondary N) is 1. The minimum absolute atomic E-state index is 0.0413. The molecule has 3 fully saturated rings. The molecule has 0 saturated heterocycles. The fourth-order valence-corrected chi connectivity index (χ4v) is 9.61. The van der Waals surface area contributed by atoms with Crippen LogP contribution in [0, 0.1) is 28.6 Å². The summed E-state index contributed by atoms with van der Waals surface area (Å²) in [6.45, 7) is 14.4. The van der Waals surface area contributed by atoms with Crippen LogP contribution in [0.2, 0.25) is 0 Å². The van der Waals surface area contributed by atoms with Crippen LogP contribution >= 0.6 is 12.2 Å². The van der Waals surface area contributed by atoms with Crippen LogP contribution < -0.4 is 5.32 Å². The van der Waals surface area contributed by atoms with E-state index < -0.39 is 52.4 Å². The molecule has 9 atom stereocenters. The number of ketones is 2. The Hall–Kier alpha value is -2.21. The summed E-state index contributed by atoms with van der Waals surface area (Å²) in [5.74, 6) is -2.16. The molecule has 0 bridgehead atoms. The number of carbonyl (C=O) groups is 3. The van der Waals surface area contributed by atoms with Crippen molar-refractivity contribution in [1.82, 2.24) is 10.2 Å². The molecule has 270 valence electrons. The maximum atomic E-state index is 17.4. The fourth-order valence-electron chi connectivity index (χ4n) is 9.47. The SMILES string of the molecule is CCN(CC)CCC(C)NC(=O)CCCCCOC(=S)OCC(=O)[C@@]1(O)[C@H](C)C[C@H]2[C@@H]3CCC4=CC(=O)C=C[C@]4(C)[C@@]3(F)[C@@H](O)C[C@@]21C. The molecular weight excluding hydrogens is 635 g/mol. The average molecular weight is 693 g/mol. The van der Waals surface area contributed by atoms with Crippen molar-refractivity contribution in [3.8, 4) is 0 Å². The molecule has 11 heteroatoms. The smallest absolute Gasteiger partial charge is 0.352 e. The first-order valence-electron chi connectivity index (χ1n) is 18.0. The molecule has 3 N–H and O–H groups in total. The van der Waals surface area contributed by atoms with Gasteiger partial charge in [-0.1, -0.05) is 39.3 Å². The minimum atomic E-state index is -2.04. The van der Waals surface area contributed by atoms with Crippen LogP contribution in [0.5, 0.6) is 0 Å². The van der Waals surface area contributed by atoms with Gasteiger partial charge in [-0.15, -0.1) is 0 Å². The van der Waals surface area contributed by atoms with E-state index in [0.29, 0.717) is 44.1 Å². The van der Waals surface area contributed by atoms with E-state index in [1.165, 1.54) is 12.2 Å². The van der Waals surface area contributed by atoms with Crippen molar-refractivity contribution < 1.29 is 38.5 Å². The van der Waals surface area contributed by atoms with Gasteiger partial charge in [-0.3, -0.25) is 14.4 Å². The van der Waals surface area contributed by atoms with Gasteiger partial charge >= 0.3 is 5.24 Å². The largest absolute Gasteiger partial charge is 0.457 e. The van der Waals surface area contributed by atoms with Gasteiger partial charge in [0.2, 0.25) is 11.7 Å². The Morgan fingerprint density at radius 2 is 1.88 bits per heavy atom. The molecule has 4 rings (SSSR count). The van der Waals surface area contributed by atoms with E-state index in [2.05, 4.69) is 24.1 Å². The molecule has 4 aliphatic rings. The molecule has 0 aromatic heterocycles. The molecule has 48 heavy (non-hydrogen) atoms. The predicted octanol–water partition coefficient (Wildman–Crippen LogP) is 5.02. The number of allylic oxidation sites excluding steroid dienone is 4. The van der Waals surface area contributed by atoms with E-state index in [0.717, 1.165) is 32.5 Å². The number of hydrogen-bond donors (Lipinski definition) is 3. The van der Waals surface area contributed by atoms with Crippen molar-refractivity contribution in [2.24, 2.45) is 28.6 Å². The number of nitrogens with zero attached hydrogens (tertiary/aromatic N) is 1. The van der Waals surface area contributed by atoms with E-state index in [1.54, 1.807) is 26.8 Å². The number of Topliss-reactive ketones (excluding diaryl/α,β-unsaturated/α-hetero) is 1. The first kappa shape index (κ1) is 38.6. The van der Waals surface area contributed by atoms with E-state index in [9.17, 15) is 24.6 Å². The molecule has 0 aliphatic heterocycles. The number of halogens is 1. The van der Waals surface area contributed by atoms with Gasteiger partial charge in [0.15, 0.2) is 18.1 Å². The molecule has 0 aromatic carbocycles. The highest BCUT2D eigenvalue weighted by Gasteiger charge is 2.75.